The highest BCUT2D eigenvalue weighted by Gasteiger charge is 2.20. The van der Waals surface area contributed by atoms with Crippen molar-refractivity contribution in [1.82, 2.24) is 10.3 Å². The average Bonchev–Trinajstić information content (AvgIpc) is 2.93. The summed E-state index contributed by atoms with van der Waals surface area (Å²) in [6, 6.07) is -0.349. The van der Waals surface area contributed by atoms with E-state index >= 15 is 0 Å². The van der Waals surface area contributed by atoms with E-state index in [2.05, 4.69) is 10.3 Å². The lowest BCUT2D eigenvalue weighted by Crippen LogP contribution is -2.42. The molecular weight excluding hydrogens is 258 g/mol. The van der Waals surface area contributed by atoms with Crippen molar-refractivity contribution in [2.45, 2.75) is 51.0 Å². The van der Waals surface area contributed by atoms with Gasteiger partial charge in [0.1, 0.15) is 0 Å². The molecule has 3 N–H and O–H groups in total. The first-order valence-electron chi connectivity index (χ1n) is 7.16. The Morgan fingerprint density at radius 3 is 2.95 bits per heavy atom. The summed E-state index contributed by atoms with van der Waals surface area (Å²) >= 11 is 1.58. The first-order valence-corrected chi connectivity index (χ1v) is 8.10. The molecule has 1 amide bonds. The van der Waals surface area contributed by atoms with Crippen LogP contribution in [0.5, 0.6) is 0 Å². The van der Waals surface area contributed by atoms with E-state index in [4.69, 9.17) is 5.73 Å². The molecular formula is C14H23N3OS. The van der Waals surface area contributed by atoms with Gasteiger partial charge in [0.2, 0.25) is 5.91 Å². The summed E-state index contributed by atoms with van der Waals surface area (Å²) in [7, 11) is 0. The van der Waals surface area contributed by atoms with Gasteiger partial charge in [-0.1, -0.05) is 32.1 Å². The van der Waals surface area contributed by atoms with Crippen molar-refractivity contribution in [1.29, 1.82) is 0 Å². The predicted octanol–water partition coefficient (Wildman–Crippen LogP) is 2.10. The number of thiazole rings is 1. The monoisotopic (exact) mass is 281 g/mol. The minimum Gasteiger partial charge on any atom is -0.354 e. The summed E-state index contributed by atoms with van der Waals surface area (Å²) in [4.78, 5) is 16.1. The third-order valence-electron chi connectivity index (χ3n) is 3.81. The van der Waals surface area contributed by atoms with Crippen LogP contribution in [0.1, 0.15) is 44.2 Å². The van der Waals surface area contributed by atoms with E-state index in [-0.39, 0.29) is 11.9 Å². The molecule has 1 fully saturated rings. The Hall–Kier alpha value is -0.940. The van der Waals surface area contributed by atoms with Gasteiger partial charge < -0.3 is 11.1 Å². The molecule has 5 heteroatoms. The molecule has 0 bridgehead atoms. The number of nitrogens with one attached hydrogen (secondary N) is 1. The van der Waals surface area contributed by atoms with Gasteiger partial charge in [-0.2, -0.15) is 0 Å². The maximum Gasteiger partial charge on any atom is 0.236 e. The highest BCUT2D eigenvalue weighted by molar-refractivity contribution is 7.07. The SMILES string of the molecule is NC(CC1CCCCC1)C(=O)NCCc1cscn1. The fraction of sp³-hybridized carbons (Fsp3) is 0.714. The molecule has 1 aliphatic carbocycles. The summed E-state index contributed by atoms with van der Waals surface area (Å²) in [5, 5.41) is 4.92. The Morgan fingerprint density at radius 1 is 1.47 bits per heavy atom. The van der Waals surface area contributed by atoms with Crippen molar-refractivity contribution in [3.63, 3.8) is 0 Å². The molecule has 1 aromatic heterocycles. The van der Waals surface area contributed by atoms with E-state index in [0.717, 1.165) is 18.5 Å². The fourth-order valence-electron chi connectivity index (χ4n) is 2.69. The largest absolute Gasteiger partial charge is 0.354 e. The number of carbonyl (C=O) groups excluding carboxylic acids is 1. The second kappa shape index (κ2) is 7.60. The van der Waals surface area contributed by atoms with Crippen LogP contribution in [0.25, 0.3) is 0 Å². The lowest BCUT2D eigenvalue weighted by Gasteiger charge is -2.24. The summed E-state index contributed by atoms with van der Waals surface area (Å²) < 4.78 is 0. The van der Waals surface area contributed by atoms with Crippen molar-refractivity contribution in [3.05, 3.63) is 16.6 Å². The molecule has 1 aliphatic rings. The fourth-order valence-corrected chi connectivity index (χ4v) is 3.29. The molecule has 0 radical (unpaired) electrons. The van der Waals surface area contributed by atoms with Crippen LogP contribution in [-0.4, -0.2) is 23.5 Å². The number of nitrogens with two attached hydrogens (primary N) is 1. The summed E-state index contributed by atoms with van der Waals surface area (Å²) in [6.45, 7) is 0.626. The van der Waals surface area contributed by atoms with Crippen molar-refractivity contribution < 1.29 is 4.79 Å². The Bertz CT molecular complexity index is 374. The Kier molecular flexibility index (Phi) is 5.79. The highest BCUT2D eigenvalue weighted by atomic mass is 32.1. The van der Waals surface area contributed by atoms with Crippen LogP contribution in [-0.2, 0) is 11.2 Å². The topological polar surface area (TPSA) is 68.0 Å². The molecule has 2 rings (SSSR count). The molecule has 0 aromatic carbocycles. The molecule has 1 saturated carbocycles. The molecule has 0 saturated heterocycles. The van der Waals surface area contributed by atoms with Gasteiger partial charge in [-0.15, -0.1) is 11.3 Å². The molecule has 106 valence electrons. The average molecular weight is 281 g/mol. The summed E-state index contributed by atoms with van der Waals surface area (Å²) in [6.07, 6.45) is 8.02. The number of carbonyl (C=O) groups is 1. The normalized spacial score (nSPS) is 18.2. The number of hydrogen-bond donors (Lipinski definition) is 2. The number of nitrogens with zero attached hydrogens (tertiary/aromatic N) is 1. The lowest BCUT2D eigenvalue weighted by molar-refractivity contribution is -0.122. The van der Waals surface area contributed by atoms with Crippen molar-refractivity contribution in [3.8, 4) is 0 Å². The number of amides is 1. The van der Waals surface area contributed by atoms with Crippen molar-refractivity contribution in [2.24, 2.45) is 11.7 Å². The first kappa shape index (κ1) is 14.5. The van der Waals surface area contributed by atoms with E-state index in [1.807, 2.05) is 10.9 Å². The standard InChI is InChI=1S/C14H23N3OS/c15-13(8-11-4-2-1-3-5-11)14(18)16-7-6-12-9-19-10-17-12/h9-11,13H,1-8,15H2,(H,16,18). The van der Waals surface area contributed by atoms with Gasteiger partial charge >= 0.3 is 0 Å². The molecule has 4 nitrogen and oxygen atoms in total. The maximum absolute atomic E-state index is 11.9. The van der Waals surface area contributed by atoms with Crippen molar-refractivity contribution >= 4 is 17.2 Å². The Morgan fingerprint density at radius 2 is 2.26 bits per heavy atom. The molecule has 0 aliphatic heterocycles. The third-order valence-corrected chi connectivity index (χ3v) is 4.45. The minimum atomic E-state index is -0.349. The third kappa shape index (κ3) is 4.91. The van der Waals surface area contributed by atoms with Gasteiger partial charge in [0.25, 0.3) is 0 Å². The Balaban J connectivity index is 1.64. The van der Waals surface area contributed by atoms with Gasteiger partial charge in [-0.05, 0) is 12.3 Å². The lowest BCUT2D eigenvalue weighted by atomic mass is 9.85. The zero-order chi connectivity index (χ0) is 13.5. The van der Waals surface area contributed by atoms with Gasteiger partial charge in [0.15, 0.2) is 0 Å². The molecule has 0 spiro atoms. The number of hydrogen-bond acceptors (Lipinski definition) is 4. The van der Waals surface area contributed by atoms with E-state index in [1.165, 1.54) is 32.1 Å². The van der Waals surface area contributed by atoms with Gasteiger partial charge in [-0.3, -0.25) is 4.79 Å². The molecule has 1 unspecified atom stereocenters. The van der Waals surface area contributed by atoms with Crippen LogP contribution >= 0.6 is 11.3 Å². The minimum absolute atomic E-state index is 0.0131. The molecule has 1 heterocycles. The smallest absolute Gasteiger partial charge is 0.236 e. The van der Waals surface area contributed by atoms with E-state index in [9.17, 15) is 4.79 Å². The van der Waals surface area contributed by atoms with E-state index < -0.39 is 0 Å². The van der Waals surface area contributed by atoms with Crippen LogP contribution < -0.4 is 11.1 Å². The van der Waals surface area contributed by atoms with Gasteiger partial charge in [0, 0.05) is 18.3 Å². The number of rotatable bonds is 6. The summed E-state index contributed by atoms with van der Waals surface area (Å²) in [5.41, 5.74) is 8.83. The predicted molar refractivity (Wildman–Crippen MR) is 78.0 cm³/mol. The zero-order valence-corrected chi connectivity index (χ0v) is 12.1. The van der Waals surface area contributed by atoms with Crippen LogP contribution in [0.4, 0.5) is 0 Å². The summed E-state index contributed by atoms with van der Waals surface area (Å²) in [5.74, 6) is 0.633. The number of aromatic nitrogens is 1. The second-order valence-electron chi connectivity index (χ2n) is 5.37. The Labute approximate surface area is 118 Å². The van der Waals surface area contributed by atoms with E-state index in [0.29, 0.717) is 12.5 Å². The quantitative estimate of drug-likeness (QED) is 0.839. The zero-order valence-electron chi connectivity index (χ0n) is 11.3. The van der Waals surface area contributed by atoms with Crippen LogP contribution in [0.2, 0.25) is 0 Å². The van der Waals surface area contributed by atoms with E-state index in [1.54, 1.807) is 11.3 Å². The second-order valence-corrected chi connectivity index (χ2v) is 6.09. The van der Waals surface area contributed by atoms with Crippen molar-refractivity contribution in [2.75, 3.05) is 6.54 Å². The maximum atomic E-state index is 11.9. The van der Waals surface area contributed by atoms with Gasteiger partial charge in [-0.25, -0.2) is 4.98 Å². The van der Waals surface area contributed by atoms with Gasteiger partial charge in [0.05, 0.1) is 17.2 Å². The van der Waals surface area contributed by atoms with Crippen LogP contribution in [0, 0.1) is 5.92 Å². The first-order chi connectivity index (χ1) is 9.25. The molecule has 19 heavy (non-hydrogen) atoms. The highest BCUT2D eigenvalue weighted by Crippen LogP contribution is 2.26. The molecule has 1 aromatic rings. The molecule has 1 atom stereocenters. The van der Waals surface area contributed by atoms with Crippen LogP contribution in [0.15, 0.2) is 10.9 Å². The van der Waals surface area contributed by atoms with Crippen LogP contribution in [0.3, 0.4) is 0 Å².